The van der Waals surface area contributed by atoms with Crippen LogP contribution in [-0.2, 0) is 6.42 Å². The molecule has 70 valence electrons. The lowest BCUT2D eigenvalue weighted by Crippen LogP contribution is -2.07. The van der Waals surface area contributed by atoms with Gasteiger partial charge in [0.2, 0.25) is 0 Å². The highest BCUT2D eigenvalue weighted by Crippen LogP contribution is 2.33. The molecule has 0 aromatic carbocycles. The van der Waals surface area contributed by atoms with E-state index in [-0.39, 0.29) is 0 Å². The van der Waals surface area contributed by atoms with Crippen molar-refractivity contribution >= 4 is 32.1 Å². The molecule has 0 saturated heterocycles. The van der Waals surface area contributed by atoms with E-state index < -0.39 is 0 Å². The third-order valence-corrected chi connectivity index (χ3v) is 3.99. The summed E-state index contributed by atoms with van der Waals surface area (Å²) in [5.74, 6) is 0. The first kappa shape index (κ1) is 9.22. The number of fused-ring (bicyclic) bond motifs is 1. The van der Waals surface area contributed by atoms with Crippen molar-refractivity contribution in [1.82, 2.24) is 0 Å². The SMILES string of the molecule is CC(C)(C)Cc1cc2sccc2s1. The second-order valence-corrected chi connectivity index (χ2v) is 6.72. The quantitative estimate of drug-likeness (QED) is 0.647. The van der Waals surface area contributed by atoms with Gasteiger partial charge in [0, 0.05) is 14.3 Å². The number of hydrogen-bond donors (Lipinski definition) is 0. The van der Waals surface area contributed by atoms with E-state index in [0.29, 0.717) is 5.41 Å². The summed E-state index contributed by atoms with van der Waals surface area (Å²) in [6, 6.07) is 4.56. The van der Waals surface area contributed by atoms with Crippen LogP contribution in [-0.4, -0.2) is 0 Å². The lowest BCUT2D eigenvalue weighted by atomic mass is 9.92. The van der Waals surface area contributed by atoms with Crippen LogP contribution < -0.4 is 0 Å². The Hall–Kier alpha value is -0.340. The van der Waals surface area contributed by atoms with Crippen molar-refractivity contribution in [2.24, 2.45) is 5.41 Å². The van der Waals surface area contributed by atoms with Gasteiger partial charge < -0.3 is 0 Å². The van der Waals surface area contributed by atoms with Crippen molar-refractivity contribution in [2.75, 3.05) is 0 Å². The lowest BCUT2D eigenvalue weighted by molar-refractivity contribution is 0.415. The molecule has 0 fully saturated rings. The Balaban J connectivity index is 2.30. The maximum atomic E-state index is 2.34. The van der Waals surface area contributed by atoms with Crippen LogP contribution >= 0.6 is 22.7 Å². The van der Waals surface area contributed by atoms with Gasteiger partial charge in [0.25, 0.3) is 0 Å². The average Bonchev–Trinajstić information content (AvgIpc) is 2.40. The first-order chi connectivity index (χ1) is 6.04. The topological polar surface area (TPSA) is 0 Å². The molecule has 0 N–H and O–H groups in total. The summed E-state index contributed by atoms with van der Waals surface area (Å²) >= 11 is 3.79. The van der Waals surface area contributed by atoms with Crippen molar-refractivity contribution in [1.29, 1.82) is 0 Å². The maximum Gasteiger partial charge on any atom is 0.0453 e. The molecule has 0 atom stereocenters. The molecule has 2 aromatic heterocycles. The molecule has 0 radical (unpaired) electrons. The average molecular weight is 210 g/mol. The third-order valence-electron chi connectivity index (χ3n) is 1.89. The molecule has 2 heterocycles. The van der Waals surface area contributed by atoms with Gasteiger partial charge in [0.15, 0.2) is 0 Å². The molecule has 0 nitrogen and oxygen atoms in total. The van der Waals surface area contributed by atoms with E-state index in [0.717, 1.165) is 0 Å². The van der Waals surface area contributed by atoms with Crippen molar-refractivity contribution in [2.45, 2.75) is 27.2 Å². The molecule has 0 saturated carbocycles. The normalized spacial score (nSPS) is 12.5. The summed E-state index contributed by atoms with van der Waals surface area (Å²) in [7, 11) is 0. The Labute approximate surface area is 87.2 Å². The van der Waals surface area contributed by atoms with Gasteiger partial charge in [0.05, 0.1) is 0 Å². The predicted molar refractivity (Wildman–Crippen MR) is 62.9 cm³/mol. The van der Waals surface area contributed by atoms with Gasteiger partial charge in [-0.15, -0.1) is 22.7 Å². The highest BCUT2D eigenvalue weighted by Gasteiger charge is 2.13. The Kier molecular flexibility index (Phi) is 2.20. The first-order valence-corrected chi connectivity index (χ1v) is 6.20. The van der Waals surface area contributed by atoms with E-state index in [4.69, 9.17) is 0 Å². The summed E-state index contributed by atoms with van der Waals surface area (Å²) in [6.45, 7) is 6.88. The molecule has 2 aromatic rings. The fourth-order valence-corrected chi connectivity index (χ4v) is 3.86. The molecule has 0 aliphatic carbocycles. The van der Waals surface area contributed by atoms with Crippen LogP contribution in [0.15, 0.2) is 17.5 Å². The predicted octanol–water partition coefficient (Wildman–Crippen LogP) is 4.55. The van der Waals surface area contributed by atoms with E-state index in [2.05, 4.69) is 38.3 Å². The number of thiophene rings is 2. The Morgan fingerprint density at radius 3 is 2.62 bits per heavy atom. The molecular formula is C11H14S2. The summed E-state index contributed by atoms with van der Waals surface area (Å²) in [6.07, 6.45) is 1.19. The van der Waals surface area contributed by atoms with Gasteiger partial charge in [-0.3, -0.25) is 0 Å². The van der Waals surface area contributed by atoms with Crippen LogP contribution in [0.25, 0.3) is 9.40 Å². The second-order valence-electron chi connectivity index (χ2n) is 4.60. The maximum absolute atomic E-state index is 2.34. The Morgan fingerprint density at radius 1 is 1.23 bits per heavy atom. The standard InChI is InChI=1S/C11H14S2/c1-11(2,3)7-8-6-10-9(13-8)4-5-12-10/h4-6H,7H2,1-3H3. The highest BCUT2D eigenvalue weighted by molar-refractivity contribution is 7.26. The summed E-state index contributed by atoms with van der Waals surface area (Å²) in [5.41, 5.74) is 0.410. The Bertz CT molecular complexity index is 372. The third kappa shape index (κ3) is 2.12. The highest BCUT2D eigenvalue weighted by atomic mass is 32.1. The van der Waals surface area contributed by atoms with Gasteiger partial charge in [0.1, 0.15) is 0 Å². The largest absolute Gasteiger partial charge is 0.143 e. The van der Waals surface area contributed by atoms with Crippen molar-refractivity contribution in [3.05, 3.63) is 22.4 Å². The van der Waals surface area contributed by atoms with Gasteiger partial charge in [-0.05, 0) is 29.3 Å². The van der Waals surface area contributed by atoms with Crippen LogP contribution in [0.2, 0.25) is 0 Å². The molecule has 2 heteroatoms. The minimum Gasteiger partial charge on any atom is -0.143 e. The first-order valence-electron chi connectivity index (χ1n) is 4.50. The molecule has 13 heavy (non-hydrogen) atoms. The summed E-state index contributed by atoms with van der Waals surface area (Å²) in [4.78, 5) is 1.52. The lowest BCUT2D eigenvalue weighted by Gasteiger charge is -2.16. The van der Waals surface area contributed by atoms with Gasteiger partial charge in [-0.1, -0.05) is 20.8 Å². The molecule has 0 bridgehead atoms. The van der Waals surface area contributed by atoms with E-state index in [1.165, 1.54) is 20.7 Å². The monoisotopic (exact) mass is 210 g/mol. The number of hydrogen-bond acceptors (Lipinski definition) is 2. The fraction of sp³-hybridized carbons (Fsp3) is 0.455. The fourth-order valence-electron chi connectivity index (χ4n) is 1.43. The minimum absolute atomic E-state index is 0.410. The van der Waals surface area contributed by atoms with Crippen LogP contribution in [0.4, 0.5) is 0 Å². The summed E-state index contributed by atoms with van der Waals surface area (Å²) < 4.78 is 2.90. The van der Waals surface area contributed by atoms with Crippen LogP contribution in [0.1, 0.15) is 25.6 Å². The van der Waals surface area contributed by atoms with Gasteiger partial charge >= 0.3 is 0 Å². The zero-order valence-electron chi connectivity index (χ0n) is 8.26. The molecule has 2 rings (SSSR count). The molecule has 0 spiro atoms. The molecule has 0 unspecified atom stereocenters. The van der Waals surface area contributed by atoms with Crippen molar-refractivity contribution in [3.8, 4) is 0 Å². The van der Waals surface area contributed by atoms with E-state index in [1.54, 1.807) is 0 Å². The van der Waals surface area contributed by atoms with E-state index in [9.17, 15) is 0 Å². The van der Waals surface area contributed by atoms with E-state index in [1.807, 2.05) is 22.7 Å². The number of rotatable bonds is 1. The smallest absolute Gasteiger partial charge is 0.0453 e. The van der Waals surface area contributed by atoms with E-state index >= 15 is 0 Å². The van der Waals surface area contributed by atoms with Crippen LogP contribution in [0, 0.1) is 5.41 Å². The Morgan fingerprint density at radius 2 is 2.00 bits per heavy atom. The molecule has 0 amide bonds. The zero-order valence-corrected chi connectivity index (χ0v) is 9.89. The van der Waals surface area contributed by atoms with Crippen molar-refractivity contribution < 1.29 is 0 Å². The zero-order chi connectivity index (χ0) is 9.47. The molecule has 0 aliphatic heterocycles. The minimum atomic E-state index is 0.410. The second kappa shape index (κ2) is 3.10. The van der Waals surface area contributed by atoms with Crippen molar-refractivity contribution in [3.63, 3.8) is 0 Å². The summed E-state index contributed by atoms with van der Waals surface area (Å²) in [5, 5.41) is 2.17. The van der Waals surface area contributed by atoms with Crippen LogP contribution in [0.5, 0.6) is 0 Å². The molecule has 0 aliphatic rings. The van der Waals surface area contributed by atoms with Gasteiger partial charge in [-0.2, -0.15) is 0 Å². The van der Waals surface area contributed by atoms with Crippen LogP contribution in [0.3, 0.4) is 0 Å². The molecular weight excluding hydrogens is 196 g/mol. The van der Waals surface area contributed by atoms with Gasteiger partial charge in [-0.25, -0.2) is 0 Å².